The molecular formula is C19H14Cl2O. The summed E-state index contributed by atoms with van der Waals surface area (Å²) < 4.78 is 5.02. The van der Waals surface area contributed by atoms with Gasteiger partial charge in [0.2, 0.25) is 0 Å². The molecular weight excluding hydrogens is 315 g/mol. The van der Waals surface area contributed by atoms with Gasteiger partial charge in [-0.3, -0.25) is 0 Å². The molecule has 0 amide bonds. The molecule has 0 aliphatic heterocycles. The number of halogens is 2. The van der Waals surface area contributed by atoms with Gasteiger partial charge < -0.3 is 4.74 Å². The molecule has 3 aromatic rings. The zero-order valence-electron chi connectivity index (χ0n) is 12.0. The highest BCUT2D eigenvalue weighted by atomic mass is 35.5. The molecule has 0 saturated heterocycles. The third-order valence-electron chi connectivity index (χ3n) is 3.51. The summed E-state index contributed by atoms with van der Waals surface area (Å²) in [4.78, 5) is 0. The average molecular weight is 329 g/mol. The molecule has 0 fully saturated rings. The SMILES string of the molecule is CO/C=C/c1cc(Cl)ccc1-c1ccc2cc(Cl)ccc2c1. The summed E-state index contributed by atoms with van der Waals surface area (Å²) in [5.74, 6) is 0. The van der Waals surface area contributed by atoms with Crippen LogP contribution in [0.1, 0.15) is 5.56 Å². The second-order valence-corrected chi connectivity index (χ2v) is 5.85. The van der Waals surface area contributed by atoms with Crippen molar-refractivity contribution < 1.29 is 4.74 Å². The molecule has 0 atom stereocenters. The van der Waals surface area contributed by atoms with Gasteiger partial charge in [-0.1, -0.05) is 47.5 Å². The minimum absolute atomic E-state index is 0.701. The molecule has 0 spiro atoms. The van der Waals surface area contributed by atoms with E-state index in [1.165, 1.54) is 0 Å². The highest BCUT2D eigenvalue weighted by Gasteiger charge is 2.06. The Labute approximate surface area is 139 Å². The van der Waals surface area contributed by atoms with Crippen molar-refractivity contribution in [3.63, 3.8) is 0 Å². The second kappa shape index (κ2) is 6.43. The molecule has 0 heterocycles. The number of rotatable bonds is 3. The van der Waals surface area contributed by atoms with Crippen molar-refractivity contribution in [2.75, 3.05) is 7.11 Å². The van der Waals surface area contributed by atoms with Gasteiger partial charge in [0, 0.05) is 10.0 Å². The van der Waals surface area contributed by atoms with Crippen LogP contribution >= 0.6 is 23.2 Å². The summed E-state index contributed by atoms with van der Waals surface area (Å²) in [5, 5.41) is 3.72. The lowest BCUT2D eigenvalue weighted by atomic mass is 9.97. The van der Waals surface area contributed by atoms with Crippen LogP contribution in [0.2, 0.25) is 10.0 Å². The number of ether oxygens (including phenoxy) is 1. The Balaban J connectivity index is 2.14. The lowest BCUT2D eigenvalue weighted by molar-refractivity contribution is 0.341. The van der Waals surface area contributed by atoms with Gasteiger partial charge in [-0.25, -0.2) is 0 Å². The van der Waals surface area contributed by atoms with Crippen molar-refractivity contribution in [3.05, 3.63) is 76.5 Å². The Morgan fingerprint density at radius 3 is 2.32 bits per heavy atom. The summed E-state index contributed by atoms with van der Waals surface area (Å²) in [5.41, 5.74) is 3.25. The highest BCUT2D eigenvalue weighted by Crippen LogP contribution is 2.30. The van der Waals surface area contributed by atoms with Gasteiger partial charge in [-0.15, -0.1) is 0 Å². The Morgan fingerprint density at radius 1 is 0.818 bits per heavy atom. The molecule has 3 aromatic carbocycles. The van der Waals surface area contributed by atoms with Crippen molar-refractivity contribution in [2.45, 2.75) is 0 Å². The van der Waals surface area contributed by atoms with Gasteiger partial charge in [0.25, 0.3) is 0 Å². The predicted octanol–water partition coefficient (Wildman–Crippen LogP) is 6.43. The van der Waals surface area contributed by atoms with Crippen molar-refractivity contribution in [2.24, 2.45) is 0 Å². The van der Waals surface area contributed by atoms with Gasteiger partial charge >= 0.3 is 0 Å². The van der Waals surface area contributed by atoms with E-state index in [-0.39, 0.29) is 0 Å². The standard InChI is InChI=1S/C19H14Cl2O/c1-22-9-8-16-12-18(21)6-7-19(16)15-3-2-14-11-17(20)5-4-13(14)10-15/h2-12H,1H3/b9-8+. The molecule has 0 radical (unpaired) electrons. The number of hydrogen-bond donors (Lipinski definition) is 0. The first-order valence-electron chi connectivity index (χ1n) is 6.86. The fourth-order valence-electron chi connectivity index (χ4n) is 2.46. The fraction of sp³-hybridized carbons (Fsp3) is 0.0526. The molecule has 3 rings (SSSR count). The maximum atomic E-state index is 6.11. The molecule has 0 aromatic heterocycles. The molecule has 0 aliphatic carbocycles. The van der Waals surface area contributed by atoms with E-state index in [4.69, 9.17) is 27.9 Å². The van der Waals surface area contributed by atoms with E-state index in [0.717, 1.165) is 32.5 Å². The van der Waals surface area contributed by atoms with Crippen LogP contribution in [-0.4, -0.2) is 7.11 Å². The molecule has 22 heavy (non-hydrogen) atoms. The second-order valence-electron chi connectivity index (χ2n) is 4.98. The summed E-state index contributed by atoms with van der Waals surface area (Å²) in [6.07, 6.45) is 3.56. The zero-order valence-corrected chi connectivity index (χ0v) is 13.5. The number of benzene rings is 3. The molecule has 110 valence electrons. The number of fused-ring (bicyclic) bond motifs is 1. The molecule has 3 heteroatoms. The summed E-state index contributed by atoms with van der Waals surface area (Å²) >= 11 is 12.1. The molecule has 0 saturated carbocycles. The predicted molar refractivity (Wildman–Crippen MR) is 95.4 cm³/mol. The first-order valence-corrected chi connectivity index (χ1v) is 7.61. The molecule has 1 nitrogen and oxygen atoms in total. The van der Waals surface area contributed by atoms with Crippen LogP contribution in [0.15, 0.2) is 60.9 Å². The van der Waals surface area contributed by atoms with E-state index in [2.05, 4.69) is 18.2 Å². The van der Waals surface area contributed by atoms with Gasteiger partial charge in [0.1, 0.15) is 0 Å². The normalized spacial score (nSPS) is 11.2. The van der Waals surface area contributed by atoms with Crippen LogP contribution in [0, 0.1) is 0 Å². The Bertz CT molecular complexity index is 853. The average Bonchev–Trinajstić information content (AvgIpc) is 2.52. The Morgan fingerprint density at radius 2 is 1.50 bits per heavy atom. The van der Waals surface area contributed by atoms with Gasteiger partial charge in [0.05, 0.1) is 13.4 Å². The van der Waals surface area contributed by atoms with Crippen molar-refractivity contribution in [3.8, 4) is 11.1 Å². The minimum Gasteiger partial charge on any atom is -0.504 e. The van der Waals surface area contributed by atoms with Gasteiger partial charge in [-0.2, -0.15) is 0 Å². The quantitative estimate of drug-likeness (QED) is 0.503. The van der Waals surface area contributed by atoms with Crippen molar-refractivity contribution in [1.29, 1.82) is 0 Å². The van der Waals surface area contributed by atoms with E-state index in [0.29, 0.717) is 5.02 Å². The summed E-state index contributed by atoms with van der Waals surface area (Å²) in [7, 11) is 1.63. The third-order valence-corrected chi connectivity index (χ3v) is 3.98. The molecule has 0 bridgehead atoms. The van der Waals surface area contributed by atoms with Crippen LogP contribution in [0.5, 0.6) is 0 Å². The van der Waals surface area contributed by atoms with Crippen LogP contribution in [0.4, 0.5) is 0 Å². The molecule has 0 N–H and O–H groups in total. The maximum absolute atomic E-state index is 6.11. The zero-order chi connectivity index (χ0) is 15.5. The van der Waals surface area contributed by atoms with E-state index < -0.39 is 0 Å². The first-order chi connectivity index (χ1) is 10.7. The van der Waals surface area contributed by atoms with Gasteiger partial charge in [-0.05, 0) is 63.9 Å². The smallest absolute Gasteiger partial charge is 0.0830 e. The molecule has 0 aliphatic rings. The van der Waals surface area contributed by atoms with E-state index in [1.807, 2.05) is 42.5 Å². The highest BCUT2D eigenvalue weighted by molar-refractivity contribution is 6.31. The number of hydrogen-bond acceptors (Lipinski definition) is 1. The summed E-state index contributed by atoms with van der Waals surface area (Å²) in [6, 6.07) is 18.1. The minimum atomic E-state index is 0.701. The van der Waals surface area contributed by atoms with E-state index >= 15 is 0 Å². The Kier molecular flexibility index (Phi) is 4.37. The Hall–Kier alpha value is -1.96. The fourth-order valence-corrected chi connectivity index (χ4v) is 2.82. The topological polar surface area (TPSA) is 9.23 Å². The lowest BCUT2D eigenvalue weighted by Gasteiger charge is -2.09. The van der Waals surface area contributed by atoms with Crippen LogP contribution in [0.3, 0.4) is 0 Å². The monoisotopic (exact) mass is 328 g/mol. The number of methoxy groups -OCH3 is 1. The maximum Gasteiger partial charge on any atom is 0.0830 e. The summed E-state index contributed by atoms with van der Waals surface area (Å²) in [6.45, 7) is 0. The van der Waals surface area contributed by atoms with Crippen LogP contribution in [-0.2, 0) is 4.74 Å². The third kappa shape index (κ3) is 3.11. The molecule has 0 unspecified atom stereocenters. The van der Waals surface area contributed by atoms with E-state index in [9.17, 15) is 0 Å². The van der Waals surface area contributed by atoms with Crippen molar-refractivity contribution >= 4 is 40.1 Å². The van der Waals surface area contributed by atoms with E-state index in [1.54, 1.807) is 13.4 Å². The van der Waals surface area contributed by atoms with Crippen molar-refractivity contribution in [1.82, 2.24) is 0 Å². The first kappa shape index (κ1) is 15.0. The lowest BCUT2D eigenvalue weighted by Crippen LogP contribution is -1.85. The van der Waals surface area contributed by atoms with Gasteiger partial charge in [0.15, 0.2) is 0 Å². The largest absolute Gasteiger partial charge is 0.504 e. The van der Waals surface area contributed by atoms with Crippen LogP contribution < -0.4 is 0 Å². The van der Waals surface area contributed by atoms with Crippen LogP contribution in [0.25, 0.3) is 28.0 Å².